The molecule has 7 nitrogen and oxygen atoms in total. The topological polar surface area (TPSA) is 84.9 Å². The number of aryl methyl sites for hydroxylation is 1. The largest absolute Gasteiger partial charge is 0.308 e. The van der Waals surface area contributed by atoms with Crippen LogP contribution < -0.4 is 11.3 Å². The molecule has 0 bridgehead atoms. The van der Waals surface area contributed by atoms with Crippen molar-refractivity contribution in [3.8, 4) is 0 Å². The van der Waals surface area contributed by atoms with Crippen molar-refractivity contribution < 1.29 is 0 Å². The summed E-state index contributed by atoms with van der Waals surface area (Å²) >= 11 is 0. The van der Waals surface area contributed by atoms with E-state index in [1.807, 2.05) is 7.05 Å². The van der Waals surface area contributed by atoms with Gasteiger partial charge >= 0.3 is 0 Å². The summed E-state index contributed by atoms with van der Waals surface area (Å²) in [7, 11) is 1.87. The second kappa shape index (κ2) is 4.99. The van der Waals surface area contributed by atoms with Crippen LogP contribution in [0.15, 0.2) is 6.20 Å². The number of nitrogens with two attached hydrogens (primary N) is 1. The SMILES string of the molecule is CC1CC(C)N(Cc2nc(NN)c3cnn(C)c3n2)C1. The molecule has 0 aromatic carbocycles. The molecule has 1 saturated heterocycles. The second-order valence-electron chi connectivity index (χ2n) is 5.76. The third kappa shape index (κ3) is 2.23. The molecule has 2 aromatic heterocycles. The van der Waals surface area contributed by atoms with Gasteiger partial charge in [-0.25, -0.2) is 15.8 Å². The van der Waals surface area contributed by atoms with Crippen LogP contribution in [0, 0.1) is 5.92 Å². The predicted octanol–water partition coefficient (Wildman–Crippen LogP) is 0.879. The van der Waals surface area contributed by atoms with E-state index < -0.39 is 0 Å². The van der Waals surface area contributed by atoms with Gasteiger partial charge in [0.05, 0.1) is 18.1 Å². The summed E-state index contributed by atoms with van der Waals surface area (Å²) in [4.78, 5) is 11.6. The van der Waals surface area contributed by atoms with Gasteiger partial charge in [0.25, 0.3) is 0 Å². The van der Waals surface area contributed by atoms with Crippen LogP contribution in [0.3, 0.4) is 0 Å². The predicted molar refractivity (Wildman–Crippen MR) is 77.8 cm³/mol. The summed E-state index contributed by atoms with van der Waals surface area (Å²) in [6, 6.07) is 0.574. The number of rotatable bonds is 3. The first-order valence-corrected chi connectivity index (χ1v) is 6.97. The Morgan fingerprint density at radius 3 is 2.85 bits per heavy atom. The number of nitrogens with zero attached hydrogens (tertiary/aromatic N) is 5. The van der Waals surface area contributed by atoms with E-state index >= 15 is 0 Å². The van der Waals surface area contributed by atoms with Crippen LogP contribution in [-0.2, 0) is 13.6 Å². The van der Waals surface area contributed by atoms with Crippen LogP contribution in [0.1, 0.15) is 26.1 Å². The van der Waals surface area contributed by atoms with E-state index in [-0.39, 0.29) is 0 Å². The minimum Gasteiger partial charge on any atom is -0.308 e. The van der Waals surface area contributed by atoms with Crippen molar-refractivity contribution in [3.63, 3.8) is 0 Å². The lowest BCUT2D eigenvalue weighted by Gasteiger charge is -2.20. The van der Waals surface area contributed by atoms with Gasteiger partial charge in [0.15, 0.2) is 11.5 Å². The van der Waals surface area contributed by atoms with E-state index in [9.17, 15) is 0 Å². The highest BCUT2D eigenvalue weighted by Gasteiger charge is 2.27. The molecule has 1 aliphatic rings. The van der Waals surface area contributed by atoms with Crippen molar-refractivity contribution in [3.05, 3.63) is 12.0 Å². The van der Waals surface area contributed by atoms with Crippen molar-refractivity contribution in [1.82, 2.24) is 24.6 Å². The molecule has 2 aromatic rings. The Morgan fingerprint density at radius 1 is 1.40 bits per heavy atom. The molecule has 0 aliphatic carbocycles. The molecule has 1 aliphatic heterocycles. The normalized spacial score (nSPS) is 23.6. The molecule has 0 spiro atoms. The first-order chi connectivity index (χ1) is 9.58. The number of nitrogen functional groups attached to an aromatic ring is 1. The fourth-order valence-electron chi connectivity index (χ4n) is 3.04. The van der Waals surface area contributed by atoms with Crippen molar-refractivity contribution in [2.24, 2.45) is 18.8 Å². The maximum Gasteiger partial charge on any atom is 0.163 e. The molecule has 2 atom stereocenters. The number of hydrogen-bond donors (Lipinski definition) is 2. The van der Waals surface area contributed by atoms with Gasteiger partial charge < -0.3 is 5.43 Å². The number of hydrazine groups is 1. The summed E-state index contributed by atoms with van der Waals surface area (Å²) in [6.45, 7) is 6.39. The monoisotopic (exact) mass is 275 g/mol. The number of aromatic nitrogens is 4. The fraction of sp³-hybridized carbons (Fsp3) is 0.615. The van der Waals surface area contributed by atoms with E-state index in [0.717, 1.165) is 35.9 Å². The molecule has 0 radical (unpaired) electrons. The van der Waals surface area contributed by atoms with Crippen LogP contribution in [0.5, 0.6) is 0 Å². The number of hydrogen-bond acceptors (Lipinski definition) is 6. The Kier molecular flexibility index (Phi) is 3.31. The highest BCUT2D eigenvalue weighted by molar-refractivity contribution is 5.86. The van der Waals surface area contributed by atoms with E-state index in [1.54, 1.807) is 10.9 Å². The van der Waals surface area contributed by atoms with Crippen molar-refractivity contribution in [1.29, 1.82) is 0 Å². The van der Waals surface area contributed by atoms with Gasteiger partial charge in [-0.2, -0.15) is 5.10 Å². The standard InChI is InChI=1S/C13H21N7/c1-8-4-9(2)20(6-8)7-11-16-12(18-14)10-5-15-19(3)13(10)17-11/h5,8-9H,4,6-7,14H2,1-3H3,(H,16,17,18). The average molecular weight is 275 g/mol. The first-order valence-electron chi connectivity index (χ1n) is 6.97. The third-order valence-electron chi connectivity index (χ3n) is 4.03. The number of fused-ring (bicyclic) bond motifs is 1. The average Bonchev–Trinajstić information content (AvgIpc) is 2.93. The molecular weight excluding hydrogens is 254 g/mol. The summed E-state index contributed by atoms with van der Waals surface area (Å²) in [5.74, 6) is 7.72. The maximum absolute atomic E-state index is 5.56. The molecular formula is C13H21N7. The molecule has 3 heterocycles. The second-order valence-corrected chi connectivity index (χ2v) is 5.76. The van der Waals surface area contributed by atoms with Crippen LogP contribution in [0.2, 0.25) is 0 Å². The van der Waals surface area contributed by atoms with Gasteiger partial charge in [0.2, 0.25) is 0 Å². The highest BCUT2D eigenvalue weighted by Crippen LogP contribution is 2.25. The molecule has 0 amide bonds. The quantitative estimate of drug-likeness (QED) is 0.639. The zero-order valence-corrected chi connectivity index (χ0v) is 12.2. The summed E-state index contributed by atoms with van der Waals surface area (Å²) in [5.41, 5.74) is 3.45. The van der Waals surface area contributed by atoms with Crippen molar-refractivity contribution in [2.45, 2.75) is 32.9 Å². The minimum absolute atomic E-state index is 0.574. The number of anilines is 1. The van der Waals surface area contributed by atoms with E-state index in [2.05, 4.69) is 39.2 Å². The van der Waals surface area contributed by atoms with Gasteiger partial charge in [-0.15, -0.1) is 0 Å². The van der Waals surface area contributed by atoms with E-state index in [1.165, 1.54) is 6.42 Å². The summed E-state index contributed by atoms with van der Waals surface area (Å²) in [5, 5.41) is 5.06. The van der Waals surface area contributed by atoms with Crippen LogP contribution in [-0.4, -0.2) is 37.2 Å². The highest BCUT2D eigenvalue weighted by atomic mass is 15.3. The van der Waals surface area contributed by atoms with Gasteiger partial charge in [0, 0.05) is 19.6 Å². The molecule has 7 heteroatoms. The van der Waals surface area contributed by atoms with Crippen LogP contribution >= 0.6 is 0 Å². The molecule has 1 fully saturated rings. The molecule has 3 N–H and O–H groups in total. The first kappa shape index (κ1) is 13.3. The van der Waals surface area contributed by atoms with Gasteiger partial charge in [-0.3, -0.25) is 9.58 Å². The molecule has 0 saturated carbocycles. The van der Waals surface area contributed by atoms with Crippen LogP contribution in [0.25, 0.3) is 11.0 Å². The van der Waals surface area contributed by atoms with Crippen LogP contribution in [0.4, 0.5) is 5.82 Å². The lowest BCUT2D eigenvalue weighted by Crippen LogP contribution is -2.28. The molecule has 3 rings (SSSR count). The molecule has 108 valence electrons. The zero-order valence-electron chi connectivity index (χ0n) is 12.2. The maximum atomic E-state index is 5.56. The van der Waals surface area contributed by atoms with Gasteiger partial charge in [-0.05, 0) is 19.3 Å². The fourth-order valence-corrected chi connectivity index (χ4v) is 3.04. The lowest BCUT2D eigenvalue weighted by atomic mass is 10.1. The zero-order chi connectivity index (χ0) is 14.3. The van der Waals surface area contributed by atoms with E-state index in [4.69, 9.17) is 5.84 Å². The number of likely N-dealkylation sites (tertiary alicyclic amines) is 1. The molecule has 2 unspecified atom stereocenters. The van der Waals surface area contributed by atoms with Gasteiger partial charge in [-0.1, -0.05) is 6.92 Å². The Morgan fingerprint density at radius 2 is 2.20 bits per heavy atom. The lowest BCUT2D eigenvalue weighted by molar-refractivity contribution is 0.250. The Hall–Kier alpha value is -1.73. The summed E-state index contributed by atoms with van der Waals surface area (Å²) < 4.78 is 1.75. The Bertz CT molecular complexity index is 620. The van der Waals surface area contributed by atoms with Gasteiger partial charge in [0.1, 0.15) is 5.82 Å². The third-order valence-corrected chi connectivity index (χ3v) is 4.03. The Balaban J connectivity index is 1.93. The number of nitrogens with one attached hydrogen (secondary N) is 1. The van der Waals surface area contributed by atoms with E-state index in [0.29, 0.717) is 11.9 Å². The van der Waals surface area contributed by atoms with Crippen molar-refractivity contribution in [2.75, 3.05) is 12.0 Å². The Labute approximate surface area is 118 Å². The molecule has 20 heavy (non-hydrogen) atoms. The minimum atomic E-state index is 0.574. The smallest absolute Gasteiger partial charge is 0.163 e. The van der Waals surface area contributed by atoms with Crippen molar-refractivity contribution >= 4 is 16.9 Å². The summed E-state index contributed by atoms with van der Waals surface area (Å²) in [6.07, 6.45) is 2.96.